The third kappa shape index (κ3) is 4.11. The topological polar surface area (TPSA) is 26.3 Å². The predicted molar refractivity (Wildman–Crippen MR) is 96.2 cm³/mol. The lowest BCUT2D eigenvalue weighted by molar-refractivity contribution is -0.125. The molecule has 1 rings (SSSR count). The highest BCUT2D eigenvalue weighted by Gasteiger charge is 2.46. The van der Waals surface area contributed by atoms with E-state index in [-0.39, 0.29) is 34.7 Å². The largest absolute Gasteiger partial charge is 0.414 e. The van der Waals surface area contributed by atoms with Gasteiger partial charge in [-0.2, -0.15) is 0 Å². The second-order valence-corrected chi connectivity index (χ2v) is 13.6. The summed E-state index contributed by atoms with van der Waals surface area (Å²) in [4.78, 5) is 12.3. The van der Waals surface area contributed by atoms with E-state index in [2.05, 4.69) is 60.2 Å². The summed E-state index contributed by atoms with van der Waals surface area (Å²) in [5.41, 5.74) is 0.844. The third-order valence-corrected chi connectivity index (χ3v) is 9.83. The zero-order chi connectivity index (χ0) is 17.3. The van der Waals surface area contributed by atoms with Gasteiger partial charge >= 0.3 is 0 Å². The Labute approximate surface area is 137 Å². The van der Waals surface area contributed by atoms with Crippen LogP contribution in [0.15, 0.2) is 12.2 Å². The smallest absolute Gasteiger partial charge is 0.192 e. The van der Waals surface area contributed by atoms with E-state index >= 15 is 0 Å². The molecule has 0 aromatic heterocycles. The summed E-state index contributed by atoms with van der Waals surface area (Å²) in [6.07, 6.45) is 7.33. The molecule has 124 valence electrons. The van der Waals surface area contributed by atoms with E-state index in [0.717, 1.165) is 18.4 Å². The Hall–Kier alpha value is -0.853. The van der Waals surface area contributed by atoms with Gasteiger partial charge in [-0.1, -0.05) is 52.7 Å². The molecule has 0 radical (unpaired) electrons. The summed E-state index contributed by atoms with van der Waals surface area (Å²) in [6, 6.07) is 0. The first kappa shape index (κ1) is 19.2. The van der Waals surface area contributed by atoms with E-state index in [1.807, 2.05) is 0 Å². The molecule has 0 aromatic carbocycles. The predicted octanol–water partition coefficient (Wildman–Crippen LogP) is 4.96. The molecule has 0 aliphatic heterocycles. The zero-order valence-corrected chi connectivity index (χ0v) is 16.4. The van der Waals surface area contributed by atoms with Gasteiger partial charge in [-0.25, -0.2) is 0 Å². The summed E-state index contributed by atoms with van der Waals surface area (Å²) in [5.74, 6) is 2.47. The Morgan fingerprint density at radius 3 is 2.41 bits per heavy atom. The molecule has 22 heavy (non-hydrogen) atoms. The van der Waals surface area contributed by atoms with Gasteiger partial charge < -0.3 is 4.43 Å². The molecule has 0 saturated heterocycles. The lowest BCUT2D eigenvalue weighted by Gasteiger charge is -2.47. The summed E-state index contributed by atoms with van der Waals surface area (Å²) in [6.45, 7) is 19.8. The molecule has 0 spiro atoms. The van der Waals surface area contributed by atoms with Crippen molar-refractivity contribution in [2.45, 2.75) is 78.1 Å². The highest BCUT2D eigenvalue weighted by Crippen LogP contribution is 2.47. The van der Waals surface area contributed by atoms with Gasteiger partial charge in [0.1, 0.15) is 0 Å². The van der Waals surface area contributed by atoms with Crippen LogP contribution in [0.1, 0.15) is 53.9 Å². The third-order valence-electron chi connectivity index (χ3n) is 5.30. The highest BCUT2D eigenvalue weighted by molar-refractivity contribution is 6.74. The molecule has 2 atom stereocenters. The first-order valence-corrected chi connectivity index (χ1v) is 11.0. The van der Waals surface area contributed by atoms with Gasteiger partial charge in [0.05, 0.1) is 6.42 Å². The minimum atomic E-state index is -1.81. The number of carbonyl (C=O) groups is 1. The van der Waals surface area contributed by atoms with Crippen LogP contribution in [-0.4, -0.2) is 20.2 Å². The van der Waals surface area contributed by atoms with E-state index in [9.17, 15) is 4.79 Å². The maximum atomic E-state index is 12.3. The second-order valence-electron chi connectivity index (χ2n) is 8.84. The first-order valence-electron chi connectivity index (χ1n) is 8.13. The number of rotatable bonds is 4. The fourth-order valence-electron chi connectivity index (χ4n) is 3.28. The van der Waals surface area contributed by atoms with Gasteiger partial charge in [-0.15, -0.1) is 6.42 Å². The van der Waals surface area contributed by atoms with E-state index in [1.165, 1.54) is 0 Å². The molecule has 0 aromatic rings. The van der Waals surface area contributed by atoms with Crippen molar-refractivity contribution in [3.8, 4) is 12.3 Å². The number of ketones is 1. The van der Waals surface area contributed by atoms with Crippen LogP contribution in [0.5, 0.6) is 0 Å². The van der Waals surface area contributed by atoms with Crippen LogP contribution in [0.25, 0.3) is 0 Å². The number of carbonyl (C=O) groups excluding carboxylic acids is 1. The van der Waals surface area contributed by atoms with Crippen LogP contribution >= 0.6 is 0 Å². The summed E-state index contributed by atoms with van der Waals surface area (Å²) >= 11 is 0. The van der Waals surface area contributed by atoms with Crippen molar-refractivity contribution in [1.82, 2.24) is 0 Å². The Kier molecular flexibility index (Phi) is 5.53. The zero-order valence-electron chi connectivity index (χ0n) is 15.4. The molecular weight excluding hydrogens is 288 g/mol. The van der Waals surface area contributed by atoms with Gasteiger partial charge in [0.25, 0.3) is 0 Å². The Morgan fingerprint density at radius 1 is 1.45 bits per heavy atom. The number of terminal acetylenes is 1. The van der Waals surface area contributed by atoms with Gasteiger partial charge in [-0.05, 0) is 36.4 Å². The standard InChI is InChI=1S/C19H32O2Si/c1-10-11-16(20)17-14(2)12-15(13-19(17,6)7)21-22(8,9)18(3,4)5/h1,15,17H,2,11-13H2,3-9H3. The SMILES string of the molecule is C#CCC(=O)C1C(=C)CC(O[Si](C)(C)C(C)(C)C)CC1(C)C. The van der Waals surface area contributed by atoms with Crippen LogP contribution in [0.3, 0.4) is 0 Å². The van der Waals surface area contributed by atoms with Crippen LogP contribution in [0.2, 0.25) is 18.1 Å². The van der Waals surface area contributed by atoms with Crippen molar-refractivity contribution in [3.05, 3.63) is 12.2 Å². The van der Waals surface area contributed by atoms with E-state index in [0.29, 0.717) is 0 Å². The van der Waals surface area contributed by atoms with Gasteiger partial charge in [0, 0.05) is 12.0 Å². The van der Waals surface area contributed by atoms with Crippen LogP contribution in [0, 0.1) is 23.7 Å². The van der Waals surface area contributed by atoms with Crippen molar-refractivity contribution < 1.29 is 9.22 Å². The Morgan fingerprint density at radius 2 is 2.00 bits per heavy atom. The highest BCUT2D eigenvalue weighted by atomic mass is 28.4. The molecule has 0 heterocycles. The molecule has 0 bridgehead atoms. The molecule has 1 aliphatic carbocycles. The molecular formula is C19H32O2Si. The molecule has 1 saturated carbocycles. The number of Topliss-reactive ketones (excluding diaryl/α,β-unsaturated/α-hetero) is 1. The lowest BCUT2D eigenvalue weighted by atomic mass is 9.64. The second kappa shape index (κ2) is 6.33. The van der Waals surface area contributed by atoms with Crippen LogP contribution in [-0.2, 0) is 9.22 Å². The average molecular weight is 321 g/mol. The maximum Gasteiger partial charge on any atom is 0.192 e. The number of hydrogen-bond donors (Lipinski definition) is 0. The van der Waals surface area contributed by atoms with Gasteiger partial charge in [-0.3, -0.25) is 4.79 Å². The van der Waals surface area contributed by atoms with E-state index < -0.39 is 8.32 Å². The first-order chi connectivity index (χ1) is 9.82. The summed E-state index contributed by atoms with van der Waals surface area (Å²) in [5, 5.41) is 0.189. The minimum absolute atomic E-state index is 0.128. The average Bonchev–Trinajstić information content (AvgIpc) is 2.23. The van der Waals surface area contributed by atoms with Crippen molar-refractivity contribution in [2.75, 3.05) is 0 Å². The molecule has 1 aliphatic rings. The molecule has 3 heteroatoms. The Balaban J connectivity index is 2.91. The van der Waals surface area contributed by atoms with Crippen LogP contribution in [0.4, 0.5) is 0 Å². The summed E-state index contributed by atoms with van der Waals surface area (Å²) < 4.78 is 6.56. The van der Waals surface area contributed by atoms with Crippen LogP contribution < -0.4 is 0 Å². The van der Waals surface area contributed by atoms with Crippen molar-refractivity contribution in [2.24, 2.45) is 11.3 Å². The van der Waals surface area contributed by atoms with Gasteiger partial charge in [0.15, 0.2) is 14.1 Å². The fourth-order valence-corrected chi connectivity index (χ4v) is 4.64. The molecule has 0 amide bonds. The Bertz CT molecular complexity index is 489. The van der Waals surface area contributed by atoms with Crippen molar-refractivity contribution in [1.29, 1.82) is 0 Å². The maximum absolute atomic E-state index is 12.3. The monoisotopic (exact) mass is 320 g/mol. The molecule has 2 nitrogen and oxygen atoms in total. The summed E-state index contributed by atoms with van der Waals surface area (Å²) in [7, 11) is -1.81. The lowest BCUT2D eigenvalue weighted by Crippen LogP contribution is -2.48. The van der Waals surface area contributed by atoms with E-state index in [4.69, 9.17) is 10.8 Å². The molecule has 1 fully saturated rings. The normalized spacial score (nSPS) is 25.6. The molecule has 0 N–H and O–H groups in total. The number of hydrogen-bond acceptors (Lipinski definition) is 2. The minimum Gasteiger partial charge on any atom is -0.414 e. The van der Waals surface area contributed by atoms with E-state index in [1.54, 1.807) is 0 Å². The molecule has 2 unspecified atom stereocenters. The van der Waals surface area contributed by atoms with Gasteiger partial charge in [0.2, 0.25) is 0 Å². The van der Waals surface area contributed by atoms with Crippen molar-refractivity contribution in [3.63, 3.8) is 0 Å². The quantitative estimate of drug-likeness (QED) is 0.416. The van der Waals surface area contributed by atoms with Crippen molar-refractivity contribution >= 4 is 14.1 Å². The fraction of sp³-hybridized carbons (Fsp3) is 0.737.